The fourth-order valence-electron chi connectivity index (χ4n) is 3.93. The highest BCUT2D eigenvalue weighted by Crippen LogP contribution is 2.32. The second-order valence-corrected chi connectivity index (χ2v) is 9.60. The molecule has 0 radical (unpaired) electrons. The van der Waals surface area contributed by atoms with Gasteiger partial charge in [0.15, 0.2) is 0 Å². The van der Waals surface area contributed by atoms with Gasteiger partial charge in [0.1, 0.15) is 0 Å². The lowest BCUT2D eigenvalue weighted by atomic mass is 10.1. The van der Waals surface area contributed by atoms with Gasteiger partial charge < -0.3 is 10.2 Å². The zero-order chi connectivity index (χ0) is 22.2. The normalized spacial score (nSPS) is 18.3. The Hall–Kier alpha value is -2.59. The minimum absolute atomic E-state index is 0.0833. The molecule has 1 N–H and O–H groups in total. The third-order valence-electron chi connectivity index (χ3n) is 5.62. The molecule has 0 atom stereocenters. The van der Waals surface area contributed by atoms with Crippen molar-refractivity contribution in [3.63, 3.8) is 0 Å². The summed E-state index contributed by atoms with van der Waals surface area (Å²) in [5, 5.41) is 2.79. The molecule has 2 heterocycles. The van der Waals surface area contributed by atoms with Crippen LogP contribution in [0, 0.1) is 0 Å². The van der Waals surface area contributed by atoms with Crippen LogP contribution >= 0.6 is 0 Å². The van der Waals surface area contributed by atoms with Gasteiger partial charge in [-0.3, -0.25) is 4.79 Å². The number of nitrogens with one attached hydrogen (secondary N) is 1. The van der Waals surface area contributed by atoms with E-state index in [0.29, 0.717) is 43.7 Å². The van der Waals surface area contributed by atoms with Gasteiger partial charge >= 0.3 is 6.18 Å². The van der Waals surface area contributed by atoms with Crippen molar-refractivity contribution in [2.45, 2.75) is 30.3 Å². The van der Waals surface area contributed by atoms with Crippen molar-refractivity contribution in [2.75, 3.05) is 36.4 Å². The largest absolute Gasteiger partial charge is 0.416 e. The molecule has 2 aromatic carbocycles. The average molecular weight is 453 g/mol. The molecule has 2 aromatic rings. The molecule has 0 spiro atoms. The van der Waals surface area contributed by atoms with Crippen LogP contribution in [0.3, 0.4) is 0 Å². The van der Waals surface area contributed by atoms with Crippen LogP contribution in [0.25, 0.3) is 0 Å². The van der Waals surface area contributed by atoms with E-state index < -0.39 is 21.8 Å². The van der Waals surface area contributed by atoms with E-state index in [0.717, 1.165) is 17.7 Å². The number of sulfonamides is 1. The van der Waals surface area contributed by atoms with Gasteiger partial charge in [-0.2, -0.15) is 17.5 Å². The van der Waals surface area contributed by atoms with Crippen LogP contribution in [0.5, 0.6) is 0 Å². The van der Waals surface area contributed by atoms with Gasteiger partial charge in [-0.25, -0.2) is 8.42 Å². The molecular weight excluding hydrogens is 431 g/mol. The monoisotopic (exact) mass is 453 g/mol. The Kier molecular flexibility index (Phi) is 5.69. The van der Waals surface area contributed by atoms with E-state index in [1.165, 1.54) is 16.4 Å². The van der Waals surface area contributed by atoms with Crippen molar-refractivity contribution in [2.24, 2.45) is 0 Å². The minimum Gasteiger partial charge on any atom is -0.369 e. The molecule has 1 amide bonds. The summed E-state index contributed by atoms with van der Waals surface area (Å²) in [7, 11) is -3.74. The number of anilines is 2. The van der Waals surface area contributed by atoms with Crippen LogP contribution in [0.1, 0.15) is 24.0 Å². The molecule has 0 bridgehead atoms. The molecule has 2 aliphatic rings. The summed E-state index contributed by atoms with van der Waals surface area (Å²) >= 11 is 0. The van der Waals surface area contributed by atoms with Gasteiger partial charge in [-0.1, -0.05) is 6.07 Å². The summed E-state index contributed by atoms with van der Waals surface area (Å²) in [6.07, 6.45) is -2.76. The van der Waals surface area contributed by atoms with E-state index in [9.17, 15) is 26.4 Å². The number of alkyl halides is 3. The Morgan fingerprint density at radius 2 is 1.68 bits per heavy atom. The number of amides is 1. The van der Waals surface area contributed by atoms with Gasteiger partial charge in [0.25, 0.3) is 0 Å². The molecule has 2 aliphatic heterocycles. The Balaban J connectivity index is 1.49. The van der Waals surface area contributed by atoms with E-state index in [1.54, 1.807) is 23.1 Å². The van der Waals surface area contributed by atoms with Gasteiger partial charge in [0.05, 0.1) is 10.5 Å². The molecule has 0 aromatic heterocycles. The second kappa shape index (κ2) is 8.16. The molecule has 166 valence electrons. The van der Waals surface area contributed by atoms with Crippen molar-refractivity contribution >= 4 is 27.3 Å². The second-order valence-electron chi connectivity index (χ2n) is 7.66. The van der Waals surface area contributed by atoms with Gasteiger partial charge in [0, 0.05) is 44.0 Å². The third kappa shape index (κ3) is 4.54. The van der Waals surface area contributed by atoms with E-state index in [4.69, 9.17) is 0 Å². The molecule has 0 aliphatic carbocycles. The smallest absolute Gasteiger partial charge is 0.369 e. The standard InChI is InChI=1S/C21H22F3N3O3S/c22-21(23,24)16-4-2-5-17(14-16)26-9-11-27(12-10-26)31(29,30)18-7-8-19-15(13-18)3-1-6-20(28)25-19/h2,4-5,7-8,13-14H,1,3,6,9-12H2,(H,25,28). The number of hydrogen-bond donors (Lipinski definition) is 1. The number of hydrogen-bond acceptors (Lipinski definition) is 4. The van der Waals surface area contributed by atoms with Crippen LogP contribution in [-0.4, -0.2) is 44.8 Å². The van der Waals surface area contributed by atoms with Crippen LogP contribution in [0.15, 0.2) is 47.4 Å². The SMILES string of the molecule is O=C1CCCc2cc(S(=O)(=O)N3CCN(c4cccc(C(F)(F)F)c4)CC3)ccc2N1. The first-order valence-electron chi connectivity index (χ1n) is 10.00. The lowest BCUT2D eigenvalue weighted by Crippen LogP contribution is -2.48. The highest BCUT2D eigenvalue weighted by molar-refractivity contribution is 7.89. The maximum absolute atomic E-state index is 13.1. The van der Waals surface area contributed by atoms with E-state index in [1.807, 2.05) is 0 Å². The molecule has 31 heavy (non-hydrogen) atoms. The number of carbonyl (C=O) groups excluding carboxylic acids is 1. The van der Waals surface area contributed by atoms with E-state index >= 15 is 0 Å². The van der Waals surface area contributed by atoms with Crippen LogP contribution in [-0.2, 0) is 27.4 Å². The fourth-order valence-corrected chi connectivity index (χ4v) is 5.40. The molecule has 0 unspecified atom stereocenters. The summed E-state index contributed by atoms with van der Waals surface area (Å²) in [4.78, 5) is 13.6. The molecule has 4 rings (SSSR count). The van der Waals surface area contributed by atoms with Crippen LogP contribution in [0.2, 0.25) is 0 Å². The van der Waals surface area contributed by atoms with Crippen molar-refractivity contribution < 1.29 is 26.4 Å². The molecular formula is C21H22F3N3O3S. The Bertz CT molecular complexity index is 1090. The molecule has 1 saturated heterocycles. The number of carbonyl (C=O) groups is 1. The number of piperazine rings is 1. The minimum atomic E-state index is -4.42. The maximum atomic E-state index is 13.1. The Labute approximate surface area is 178 Å². The lowest BCUT2D eigenvalue weighted by molar-refractivity contribution is -0.137. The van der Waals surface area contributed by atoms with Gasteiger partial charge in [-0.05, 0) is 54.8 Å². The maximum Gasteiger partial charge on any atom is 0.416 e. The van der Waals surface area contributed by atoms with E-state index in [-0.39, 0.29) is 23.9 Å². The quantitative estimate of drug-likeness (QED) is 0.773. The zero-order valence-electron chi connectivity index (χ0n) is 16.7. The van der Waals surface area contributed by atoms with Crippen molar-refractivity contribution in [3.05, 3.63) is 53.6 Å². The first kappa shape index (κ1) is 21.6. The number of fused-ring (bicyclic) bond motifs is 1. The number of rotatable bonds is 3. The predicted octanol–water partition coefficient (Wildman–Crippen LogP) is 3.49. The van der Waals surface area contributed by atoms with Crippen molar-refractivity contribution in [1.29, 1.82) is 0 Å². The molecule has 10 heteroatoms. The highest BCUT2D eigenvalue weighted by Gasteiger charge is 2.32. The summed E-state index contributed by atoms with van der Waals surface area (Å²) in [5.41, 5.74) is 1.12. The summed E-state index contributed by atoms with van der Waals surface area (Å²) in [6, 6.07) is 9.77. The lowest BCUT2D eigenvalue weighted by Gasteiger charge is -2.35. The first-order chi connectivity index (χ1) is 14.6. The number of nitrogens with zero attached hydrogens (tertiary/aromatic N) is 2. The van der Waals surface area contributed by atoms with Crippen LogP contribution < -0.4 is 10.2 Å². The Morgan fingerprint density at radius 1 is 0.935 bits per heavy atom. The number of halogens is 3. The van der Waals surface area contributed by atoms with Crippen LogP contribution in [0.4, 0.5) is 24.5 Å². The predicted molar refractivity (Wildman–Crippen MR) is 110 cm³/mol. The molecule has 6 nitrogen and oxygen atoms in total. The van der Waals surface area contributed by atoms with E-state index in [2.05, 4.69) is 5.32 Å². The highest BCUT2D eigenvalue weighted by atomic mass is 32.2. The van der Waals surface area contributed by atoms with Gasteiger partial charge in [0.2, 0.25) is 15.9 Å². The molecule has 0 saturated carbocycles. The molecule has 1 fully saturated rings. The fraction of sp³-hybridized carbons (Fsp3) is 0.381. The topological polar surface area (TPSA) is 69.7 Å². The number of benzene rings is 2. The third-order valence-corrected chi connectivity index (χ3v) is 7.51. The summed E-state index contributed by atoms with van der Waals surface area (Å²) < 4.78 is 66.5. The summed E-state index contributed by atoms with van der Waals surface area (Å²) in [6.45, 7) is 0.932. The average Bonchev–Trinajstić information content (AvgIpc) is 2.93. The first-order valence-corrected chi connectivity index (χ1v) is 11.4. The van der Waals surface area contributed by atoms with Crippen molar-refractivity contribution in [1.82, 2.24) is 4.31 Å². The van der Waals surface area contributed by atoms with Gasteiger partial charge in [-0.15, -0.1) is 0 Å². The van der Waals surface area contributed by atoms with Crippen molar-refractivity contribution in [3.8, 4) is 0 Å². The summed E-state index contributed by atoms with van der Waals surface area (Å²) in [5.74, 6) is -0.0833. The number of aryl methyl sites for hydroxylation is 1. The zero-order valence-corrected chi connectivity index (χ0v) is 17.5. The Morgan fingerprint density at radius 3 is 2.39 bits per heavy atom.